The fourth-order valence-electron chi connectivity index (χ4n) is 1.86. The van der Waals surface area contributed by atoms with Gasteiger partial charge < -0.3 is 0 Å². The Labute approximate surface area is 121 Å². The third-order valence-corrected chi connectivity index (χ3v) is 3.58. The number of aromatic nitrogens is 1. The average Bonchev–Trinajstić information content (AvgIpc) is 2.41. The van der Waals surface area contributed by atoms with Crippen LogP contribution in [0.4, 0.5) is 0 Å². The van der Waals surface area contributed by atoms with Crippen LogP contribution in [0.25, 0.3) is 0 Å². The first kappa shape index (κ1) is 13.2. The summed E-state index contributed by atoms with van der Waals surface area (Å²) in [4.78, 5) is 16.3. The Kier molecular flexibility index (Phi) is 4.47. The molecule has 0 amide bonds. The maximum atomic E-state index is 12.2. The molecule has 0 aliphatic carbocycles. The van der Waals surface area contributed by atoms with Crippen LogP contribution in [-0.4, -0.2) is 10.8 Å². The zero-order chi connectivity index (χ0) is 13.0. The van der Waals surface area contributed by atoms with Crippen LogP contribution in [0.3, 0.4) is 0 Å². The number of rotatable bonds is 4. The van der Waals surface area contributed by atoms with Crippen molar-refractivity contribution < 1.29 is 4.79 Å². The van der Waals surface area contributed by atoms with Gasteiger partial charge in [-0.25, -0.2) is 0 Å². The third-order valence-electron chi connectivity index (χ3n) is 2.86. The molecular formula is C15H14INO. The van der Waals surface area contributed by atoms with Gasteiger partial charge in [0.15, 0.2) is 5.78 Å². The highest BCUT2D eigenvalue weighted by atomic mass is 127. The highest BCUT2D eigenvalue weighted by Gasteiger charge is 2.10. The van der Waals surface area contributed by atoms with Crippen LogP contribution in [0.15, 0.2) is 42.7 Å². The quantitative estimate of drug-likeness (QED) is 0.621. The molecule has 18 heavy (non-hydrogen) atoms. The summed E-state index contributed by atoms with van der Waals surface area (Å²) in [6.45, 7) is 2.04. The summed E-state index contributed by atoms with van der Waals surface area (Å²) in [5, 5.41) is 0. The summed E-state index contributed by atoms with van der Waals surface area (Å²) in [5.74, 6) is 0.162. The van der Waals surface area contributed by atoms with Crippen molar-refractivity contribution in [2.45, 2.75) is 19.8 Å². The molecule has 0 atom stereocenters. The van der Waals surface area contributed by atoms with Crippen LogP contribution in [0.2, 0.25) is 0 Å². The molecule has 0 bridgehead atoms. The van der Waals surface area contributed by atoms with Gasteiger partial charge in [0, 0.05) is 27.9 Å². The van der Waals surface area contributed by atoms with Crippen molar-refractivity contribution in [2.24, 2.45) is 0 Å². The summed E-state index contributed by atoms with van der Waals surface area (Å²) < 4.78 is 1.18. The first-order valence-corrected chi connectivity index (χ1v) is 6.99. The predicted octanol–water partition coefficient (Wildman–Crippen LogP) is 3.67. The largest absolute Gasteiger partial charge is 0.294 e. The maximum absolute atomic E-state index is 12.2. The molecule has 0 aliphatic rings. The van der Waals surface area contributed by atoms with Crippen molar-refractivity contribution in [3.63, 3.8) is 0 Å². The van der Waals surface area contributed by atoms with Gasteiger partial charge in [0.2, 0.25) is 0 Å². The first-order chi connectivity index (χ1) is 8.70. The first-order valence-electron chi connectivity index (χ1n) is 5.91. The van der Waals surface area contributed by atoms with E-state index >= 15 is 0 Å². The van der Waals surface area contributed by atoms with E-state index in [1.807, 2.05) is 37.3 Å². The molecule has 0 N–H and O–H groups in total. The van der Waals surface area contributed by atoms with Crippen molar-refractivity contribution in [1.29, 1.82) is 0 Å². The van der Waals surface area contributed by atoms with Crippen molar-refractivity contribution in [2.75, 3.05) is 0 Å². The molecule has 0 unspecified atom stereocenters. The average molecular weight is 351 g/mol. The second-order valence-corrected chi connectivity index (χ2v) is 5.36. The van der Waals surface area contributed by atoms with Crippen LogP contribution >= 0.6 is 22.6 Å². The van der Waals surface area contributed by atoms with Crippen LogP contribution in [0.5, 0.6) is 0 Å². The van der Waals surface area contributed by atoms with Gasteiger partial charge in [-0.3, -0.25) is 9.78 Å². The van der Waals surface area contributed by atoms with Gasteiger partial charge in [-0.05, 0) is 58.3 Å². The van der Waals surface area contributed by atoms with E-state index in [1.54, 1.807) is 12.4 Å². The molecule has 0 radical (unpaired) electrons. The molecular weight excluding hydrogens is 337 g/mol. The Morgan fingerprint density at radius 3 is 2.61 bits per heavy atom. The van der Waals surface area contributed by atoms with Crippen molar-refractivity contribution in [3.8, 4) is 0 Å². The summed E-state index contributed by atoms with van der Waals surface area (Å²) >= 11 is 2.26. The molecule has 1 aromatic heterocycles. The molecule has 0 saturated heterocycles. The number of ketones is 1. The van der Waals surface area contributed by atoms with Crippen LogP contribution in [-0.2, 0) is 12.8 Å². The predicted molar refractivity (Wildman–Crippen MR) is 80.8 cm³/mol. The summed E-state index contributed by atoms with van der Waals surface area (Å²) in [6, 6.07) is 9.87. The van der Waals surface area contributed by atoms with E-state index in [2.05, 4.69) is 27.6 Å². The lowest BCUT2D eigenvalue weighted by molar-refractivity contribution is 0.0992. The molecule has 1 heterocycles. The van der Waals surface area contributed by atoms with Gasteiger partial charge in [-0.2, -0.15) is 0 Å². The molecule has 0 aliphatic heterocycles. The molecule has 1 aromatic carbocycles. The normalized spacial score (nSPS) is 10.3. The fourth-order valence-corrected chi connectivity index (χ4v) is 2.22. The van der Waals surface area contributed by atoms with Crippen molar-refractivity contribution in [1.82, 2.24) is 4.98 Å². The number of pyridine rings is 1. The highest BCUT2D eigenvalue weighted by Crippen LogP contribution is 2.13. The number of carbonyl (C=O) groups is 1. The number of benzene rings is 1. The maximum Gasteiger partial charge on any atom is 0.167 e. The number of nitrogens with zero attached hydrogens (tertiary/aromatic N) is 1. The van der Waals surface area contributed by atoms with E-state index < -0.39 is 0 Å². The Hall–Kier alpha value is -1.23. The summed E-state index contributed by atoms with van der Waals surface area (Å²) in [6.07, 6.45) is 4.75. The number of Topliss-reactive ketones (excluding diaryl/α,β-unsaturated/α-hetero) is 1. The van der Waals surface area contributed by atoms with Crippen molar-refractivity contribution in [3.05, 3.63) is 63.0 Å². The molecule has 2 nitrogen and oxygen atoms in total. The highest BCUT2D eigenvalue weighted by molar-refractivity contribution is 14.1. The zero-order valence-corrected chi connectivity index (χ0v) is 12.3. The van der Waals surface area contributed by atoms with Gasteiger partial charge in [0.1, 0.15) is 0 Å². The minimum absolute atomic E-state index is 0.162. The third kappa shape index (κ3) is 3.16. The van der Waals surface area contributed by atoms with Gasteiger partial charge in [-0.1, -0.05) is 19.1 Å². The summed E-state index contributed by atoms with van der Waals surface area (Å²) in [7, 11) is 0. The van der Waals surface area contributed by atoms with Crippen molar-refractivity contribution >= 4 is 28.4 Å². The number of halogens is 1. The van der Waals surface area contributed by atoms with Gasteiger partial charge >= 0.3 is 0 Å². The van der Waals surface area contributed by atoms with Crippen LogP contribution in [0, 0.1) is 3.57 Å². The lowest BCUT2D eigenvalue weighted by Crippen LogP contribution is -2.07. The second-order valence-electron chi connectivity index (χ2n) is 4.11. The second kappa shape index (κ2) is 6.09. The molecule has 2 aromatic rings. The number of hydrogen-bond donors (Lipinski definition) is 0. The summed E-state index contributed by atoms with van der Waals surface area (Å²) in [5.41, 5.74) is 2.87. The minimum Gasteiger partial charge on any atom is -0.294 e. The fraction of sp³-hybridized carbons (Fsp3) is 0.200. The van der Waals surface area contributed by atoms with Crippen LogP contribution in [0.1, 0.15) is 28.4 Å². The molecule has 0 saturated carbocycles. The Bertz CT molecular complexity index is 549. The number of aryl methyl sites for hydroxylation is 1. The van der Waals surface area contributed by atoms with E-state index in [4.69, 9.17) is 0 Å². The molecule has 2 rings (SSSR count). The van der Waals surface area contributed by atoms with Gasteiger partial charge in [-0.15, -0.1) is 0 Å². The minimum atomic E-state index is 0.162. The zero-order valence-electron chi connectivity index (χ0n) is 10.2. The monoisotopic (exact) mass is 351 g/mol. The molecule has 92 valence electrons. The van der Waals surface area contributed by atoms with Crippen LogP contribution < -0.4 is 0 Å². The number of carbonyl (C=O) groups excluding carboxylic acids is 1. The van der Waals surface area contributed by atoms with E-state index in [9.17, 15) is 4.79 Å². The molecule has 0 fully saturated rings. The number of hydrogen-bond acceptors (Lipinski definition) is 2. The Morgan fingerprint density at radius 1 is 1.22 bits per heavy atom. The molecule has 3 heteroatoms. The smallest absolute Gasteiger partial charge is 0.167 e. The SMILES string of the molecule is CCc1cnccc1C(=O)Cc1ccc(I)cc1. The Morgan fingerprint density at radius 2 is 1.94 bits per heavy atom. The lowest BCUT2D eigenvalue weighted by atomic mass is 9.99. The van der Waals surface area contributed by atoms with Gasteiger partial charge in [0.25, 0.3) is 0 Å². The van der Waals surface area contributed by atoms with E-state index in [0.717, 1.165) is 23.1 Å². The van der Waals surface area contributed by atoms with E-state index in [0.29, 0.717) is 6.42 Å². The Balaban J connectivity index is 2.19. The van der Waals surface area contributed by atoms with Gasteiger partial charge in [0.05, 0.1) is 0 Å². The van der Waals surface area contributed by atoms with E-state index in [1.165, 1.54) is 3.57 Å². The molecule has 0 spiro atoms. The lowest BCUT2D eigenvalue weighted by Gasteiger charge is -2.06. The standard InChI is InChI=1S/C15H14INO/c1-2-12-10-17-8-7-14(12)15(18)9-11-3-5-13(16)6-4-11/h3-8,10H,2,9H2,1H3. The topological polar surface area (TPSA) is 30.0 Å². The van der Waals surface area contributed by atoms with E-state index in [-0.39, 0.29) is 5.78 Å².